The van der Waals surface area contributed by atoms with Crippen molar-refractivity contribution in [2.75, 3.05) is 23.8 Å². The van der Waals surface area contributed by atoms with Gasteiger partial charge in [0.05, 0.1) is 12.3 Å². The van der Waals surface area contributed by atoms with Gasteiger partial charge in [0.25, 0.3) is 0 Å². The Labute approximate surface area is 137 Å². The van der Waals surface area contributed by atoms with Crippen LogP contribution in [0.4, 0.5) is 17.5 Å². The van der Waals surface area contributed by atoms with E-state index in [-0.39, 0.29) is 6.10 Å². The molecule has 1 unspecified atom stereocenters. The number of hydrogen-bond donors (Lipinski definition) is 2. The van der Waals surface area contributed by atoms with Crippen LogP contribution in [-0.4, -0.2) is 34.4 Å². The van der Waals surface area contributed by atoms with Crippen LogP contribution in [0.25, 0.3) is 0 Å². The van der Waals surface area contributed by atoms with Crippen LogP contribution in [-0.2, 0) is 4.74 Å². The molecular weight excluding hydrogens is 346 g/mol. The topological polar surface area (TPSA) is 72.0 Å². The molecule has 1 saturated heterocycles. The summed E-state index contributed by atoms with van der Waals surface area (Å²) in [6.07, 6.45) is 4.10. The number of halogens is 1. The normalized spacial score (nSPS) is 17.5. The van der Waals surface area contributed by atoms with Gasteiger partial charge >= 0.3 is 0 Å². The maximum Gasteiger partial charge on any atom is 0.249 e. The molecule has 0 aliphatic carbocycles. The number of hydrogen-bond acceptors (Lipinski definition) is 6. The fourth-order valence-electron chi connectivity index (χ4n) is 2.35. The first-order valence-corrected chi connectivity index (χ1v) is 8.08. The summed E-state index contributed by atoms with van der Waals surface area (Å²) < 4.78 is 6.62. The SMILES string of the molecule is Cc1cc(Br)ccc1Nc1nncc(NCC2CCCO2)n1. The minimum absolute atomic E-state index is 0.264. The van der Waals surface area contributed by atoms with Gasteiger partial charge < -0.3 is 15.4 Å². The Kier molecular flexibility index (Phi) is 4.84. The molecule has 0 spiro atoms. The van der Waals surface area contributed by atoms with Crippen LogP contribution in [0.5, 0.6) is 0 Å². The monoisotopic (exact) mass is 363 g/mol. The van der Waals surface area contributed by atoms with Gasteiger partial charge in [-0.3, -0.25) is 0 Å². The molecule has 1 aromatic carbocycles. The second-order valence-corrected chi connectivity index (χ2v) is 6.18. The van der Waals surface area contributed by atoms with E-state index in [9.17, 15) is 0 Å². The van der Waals surface area contributed by atoms with Gasteiger partial charge in [-0.05, 0) is 43.5 Å². The fourth-order valence-corrected chi connectivity index (χ4v) is 2.83. The molecule has 22 heavy (non-hydrogen) atoms. The number of aromatic nitrogens is 3. The van der Waals surface area contributed by atoms with Crippen molar-refractivity contribution < 1.29 is 4.74 Å². The number of nitrogens with one attached hydrogen (secondary N) is 2. The lowest BCUT2D eigenvalue weighted by Crippen LogP contribution is -2.19. The van der Waals surface area contributed by atoms with E-state index in [4.69, 9.17) is 4.74 Å². The lowest BCUT2D eigenvalue weighted by molar-refractivity contribution is 0.120. The van der Waals surface area contributed by atoms with Gasteiger partial charge in [-0.15, -0.1) is 5.10 Å². The van der Waals surface area contributed by atoms with Gasteiger partial charge in [0, 0.05) is 23.3 Å². The van der Waals surface area contributed by atoms with Crippen LogP contribution in [0.1, 0.15) is 18.4 Å². The standard InChI is InChI=1S/C15H18BrN5O/c1-10-7-11(16)4-5-13(10)19-15-20-14(9-18-21-15)17-8-12-3-2-6-22-12/h4-5,7,9,12H,2-3,6,8H2,1H3,(H2,17,19,20,21). The van der Waals surface area contributed by atoms with Gasteiger partial charge in [-0.2, -0.15) is 10.1 Å². The van der Waals surface area contributed by atoms with E-state index in [1.54, 1.807) is 6.20 Å². The van der Waals surface area contributed by atoms with Crippen molar-refractivity contribution in [1.29, 1.82) is 0 Å². The van der Waals surface area contributed by atoms with Crippen molar-refractivity contribution in [3.8, 4) is 0 Å². The Morgan fingerprint density at radius 3 is 3.09 bits per heavy atom. The van der Waals surface area contributed by atoms with Crippen LogP contribution in [0.2, 0.25) is 0 Å². The number of anilines is 3. The second kappa shape index (κ2) is 7.02. The lowest BCUT2D eigenvalue weighted by Gasteiger charge is -2.12. The van der Waals surface area contributed by atoms with E-state index >= 15 is 0 Å². The molecule has 0 bridgehead atoms. The van der Waals surface area contributed by atoms with Crippen molar-refractivity contribution in [3.63, 3.8) is 0 Å². The largest absolute Gasteiger partial charge is 0.376 e. The second-order valence-electron chi connectivity index (χ2n) is 5.27. The molecule has 2 aromatic rings. The van der Waals surface area contributed by atoms with Crippen LogP contribution in [0, 0.1) is 6.92 Å². The van der Waals surface area contributed by atoms with Gasteiger partial charge in [-0.1, -0.05) is 15.9 Å². The zero-order valence-electron chi connectivity index (χ0n) is 12.3. The van der Waals surface area contributed by atoms with Crippen LogP contribution >= 0.6 is 15.9 Å². The zero-order chi connectivity index (χ0) is 15.4. The number of aryl methyl sites for hydroxylation is 1. The average molecular weight is 364 g/mol. The Hall–Kier alpha value is -1.73. The third kappa shape index (κ3) is 3.92. The van der Waals surface area contributed by atoms with Crippen LogP contribution in [0.3, 0.4) is 0 Å². The molecule has 1 aliphatic heterocycles. The van der Waals surface area contributed by atoms with Crippen LogP contribution < -0.4 is 10.6 Å². The highest BCUT2D eigenvalue weighted by Gasteiger charge is 2.15. The molecule has 0 radical (unpaired) electrons. The zero-order valence-corrected chi connectivity index (χ0v) is 13.9. The summed E-state index contributed by atoms with van der Waals surface area (Å²) >= 11 is 3.45. The molecule has 3 rings (SSSR count). The number of ether oxygens (including phenoxy) is 1. The smallest absolute Gasteiger partial charge is 0.249 e. The molecule has 1 fully saturated rings. The Bertz CT molecular complexity index is 646. The van der Waals surface area contributed by atoms with Crippen molar-refractivity contribution in [3.05, 3.63) is 34.4 Å². The summed E-state index contributed by atoms with van der Waals surface area (Å²) in [4.78, 5) is 4.43. The molecular formula is C15H18BrN5O. The third-order valence-electron chi connectivity index (χ3n) is 3.53. The first kappa shape index (κ1) is 15.2. The van der Waals surface area contributed by atoms with Gasteiger partial charge in [0.2, 0.25) is 5.95 Å². The van der Waals surface area contributed by atoms with Crippen molar-refractivity contribution in [2.24, 2.45) is 0 Å². The predicted molar refractivity (Wildman–Crippen MR) is 89.5 cm³/mol. The number of rotatable bonds is 5. The molecule has 1 aromatic heterocycles. The predicted octanol–water partition coefficient (Wildman–Crippen LogP) is 3.28. The summed E-state index contributed by atoms with van der Waals surface area (Å²) in [5, 5.41) is 14.4. The quantitative estimate of drug-likeness (QED) is 0.849. The average Bonchev–Trinajstić information content (AvgIpc) is 3.02. The van der Waals surface area contributed by atoms with Crippen molar-refractivity contribution in [1.82, 2.24) is 15.2 Å². The number of benzene rings is 1. The highest BCUT2D eigenvalue weighted by molar-refractivity contribution is 9.10. The first-order chi connectivity index (χ1) is 10.7. The molecule has 0 saturated carbocycles. The van der Waals surface area contributed by atoms with Gasteiger partial charge in [0.1, 0.15) is 0 Å². The third-order valence-corrected chi connectivity index (χ3v) is 4.02. The van der Waals surface area contributed by atoms with E-state index in [0.717, 1.165) is 41.7 Å². The van der Waals surface area contributed by atoms with E-state index in [1.807, 2.05) is 25.1 Å². The van der Waals surface area contributed by atoms with E-state index in [2.05, 4.69) is 41.7 Å². The van der Waals surface area contributed by atoms with Gasteiger partial charge in [0.15, 0.2) is 5.82 Å². The molecule has 2 N–H and O–H groups in total. The number of nitrogens with zero attached hydrogens (tertiary/aromatic N) is 3. The summed E-state index contributed by atoms with van der Waals surface area (Å²) in [7, 11) is 0. The highest BCUT2D eigenvalue weighted by atomic mass is 79.9. The van der Waals surface area contributed by atoms with Gasteiger partial charge in [-0.25, -0.2) is 0 Å². The molecule has 116 valence electrons. The molecule has 6 nitrogen and oxygen atoms in total. The summed E-state index contributed by atoms with van der Waals surface area (Å²) in [5.74, 6) is 1.17. The molecule has 2 heterocycles. The van der Waals surface area contributed by atoms with E-state index < -0.39 is 0 Å². The van der Waals surface area contributed by atoms with Crippen molar-refractivity contribution in [2.45, 2.75) is 25.9 Å². The maximum atomic E-state index is 5.58. The van der Waals surface area contributed by atoms with E-state index in [1.165, 1.54) is 0 Å². The first-order valence-electron chi connectivity index (χ1n) is 7.29. The molecule has 7 heteroatoms. The molecule has 1 atom stereocenters. The fraction of sp³-hybridized carbons (Fsp3) is 0.400. The molecule has 1 aliphatic rings. The van der Waals surface area contributed by atoms with Crippen LogP contribution in [0.15, 0.2) is 28.9 Å². The minimum Gasteiger partial charge on any atom is -0.376 e. The highest BCUT2D eigenvalue weighted by Crippen LogP contribution is 2.22. The Morgan fingerprint density at radius 1 is 1.41 bits per heavy atom. The van der Waals surface area contributed by atoms with Crippen molar-refractivity contribution >= 4 is 33.4 Å². The minimum atomic E-state index is 0.264. The molecule has 0 amide bonds. The summed E-state index contributed by atoms with van der Waals surface area (Å²) in [6, 6.07) is 5.99. The summed E-state index contributed by atoms with van der Waals surface area (Å²) in [6.45, 7) is 3.62. The Balaban J connectivity index is 1.65. The summed E-state index contributed by atoms with van der Waals surface area (Å²) in [5.41, 5.74) is 2.07. The Morgan fingerprint density at radius 2 is 2.32 bits per heavy atom. The maximum absolute atomic E-state index is 5.58. The lowest BCUT2D eigenvalue weighted by atomic mass is 10.2. The van der Waals surface area contributed by atoms with E-state index in [0.29, 0.717) is 11.8 Å².